The fourth-order valence-electron chi connectivity index (χ4n) is 3.98. The summed E-state index contributed by atoms with van der Waals surface area (Å²) in [6, 6.07) is 1.59. The quantitative estimate of drug-likeness (QED) is 0.807. The van der Waals surface area contributed by atoms with Gasteiger partial charge >= 0.3 is 0 Å². The van der Waals surface area contributed by atoms with Gasteiger partial charge in [0.15, 0.2) is 0 Å². The zero-order valence-corrected chi connectivity index (χ0v) is 13.9. The zero-order valence-electron chi connectivity index (χ0n) is 13.9. The molecule has 1 N–H and O–H groups in total. The summed E-state index contributed by atoms with van der Waals surface area (Å²) in [6.45, 7) is 7.32. The molecule has 0 aromatic heterocycles. The second-order valence-electron chi connectivity index (χ2n) is 7.08. The van der Waals surface area contributed by atoms with Gasteiger partial charge < -0.3 is 15.1 Å². The van der Waals surface area contributed by atoms with Crippen molar-refractivity contribution in [2.75, 3.05) is 40.3 Å². The van der Waals surface area contributed by atoms with Crippen LogP contribution in [0, 0.1) is 5.92 Å². The zero-order chi connectivity index (χ0) is 14.4. The first-order chi connectivity index (χ1) is 9.70. The lowest BCUT2D eigenvalue weighted by Gasteiger charge is -2.40. The van der Waals surface area contributed by atoms with Crippen LogP contribution in [0.3, 0.4) is 0 Å². The SMILES string of the molecule is CCCNC1CCCCC1CN(C)C1CCN(C)CC1. The number of hydrogen-bond acceptors (Lipinski definition) is 3. The van der Waals surface area contributed by atoms with Gasteiger partial charge in [0, 0.05) is 18.6 Å². The molecule has 0 aromatic rings. The van der Waals surface area contributed by atoms with Crippen molar-refractivity contribution in [2.24, 2.45) is 5.92 Å². The third-order valence-corrected chi connectivity index (χ3v) is 5.40. The predicted octanol–water partition coefficient (Wildman–Crippen LogP) is 2.57. The summed E-state index contributed by atoms with van der Waals surface area (Å²) in [5.41, 5.74) is 0. The van der Waals surface area contributed by atoms with E-state index in [1.807, 2.05) is 0 Å². The molecule has 2 rings (SSSR count). The summed E-state index contributed by atoms with van der Waals surface area (Å²) >= 11 is 0. The maximum atomic E-state index is 3.80. The second-order valence-corrected chi connectivity index (χ2v) is 7.08. The number of nitrogens with one attached hydrogen (secondary N) is 1. The van der Waals surface area contributed by atoms with Crippen LogP contribution in [0.5, 0.6) is 0 Å². The van der Waals surface area contributed by atoms with E-state index < -0.39 is 0 Å². The Labute approximate surface area is 126 Å². The van der Waals surface area contributed by atoms with Crippen molar-refractivity contribution >= 4 is 0 Å². The molecule has 2 unspecified atom stereocenters. The van der Waals surface area contributed by atoms with Gasteiger partial charge in [-0.05, 0) is 71.8 Å². The second kappa shape index (κ2) is 8.35. The highest BCUT2D eigenvalue weighted by atomic mass is 15.2. The molecule has 1 aliphatic carbocycles. The van der Waals surface area contributed by atoms with E-state index in [2.05, 4.69) is 36.1 Å². The van der Waals surface area contributed by atoms with Gasteiger partial charge in [-0.3, -0.25) is 0 Å². The predicted molar refractivity (Wildman–Crippen MR) is 87.2 cm³/mol. The van der Waals surface area contributed by atoms with E-state index in [4.69, 9.17) is 0 Å². The number of piperidine rings is 1. The van der Waals surface area contributed by atoms with E-state index in [-0.39, 0.29) is 0 Å². The normalized spacial score (nSPS) is 30.0. The summed E-state index contributed by atoms with van der Waals surface area (Å²) in [6.07, 6.45) is 9.66. The summed E-state index contributed by atoms with van der Waals surface area (Å²) in [7, 11) is 4.61. The molecule has 20 heavy (non-hydrogen) atoms. The number of nitrogens with zero attached hydrogens (tertiary/aromatic N) is 2. The molecule has 2 aliphatic rings. The van der Waals surface area contributed by atoms with Gasteiger partial charge in [0.25, 0.3) is 0 Å². The number of rotatable bonds is 6. The molecule has 0 radical (unpaired) electrons. The molecular formula is C17H35N3. The van der Waals surface area contributed by atoms with E-state index >= 15 is 0 Å². The molecule has 0 amide bonds. The highest BCUT2D eigenvalue weighted by molar-refractivity contribution is 4.85. The first kappa shape index (κ1) is 16.3. The number of likely N-dealkylation sites (tertiary alicyclic amines) is 1. The molecule has 0 bridgehead atoms. The standard InChI is InChI=1S/C17H35N3/c1-4-11-18-17-8-6-5-7-15(17)14-20(3)16-9-12-19(2)13-10-16/h15-18H,4-14H2,1-3H3. The maximum Gasteiger partial charge on any atom is 0.0117 e. The van der Waals surface area contributed by atoms with Crippen molar-refractivity contribution in [1.29, 1.82) is 0 Å². The largest absolute Gasteiger partial charge is 0.314 e. The van der Waals surface area contributed by atoms with Gasteiger partial charge in [-0.25, -0.2) is 0 Å². The smallest absolute Gasteiger partial charge is 0.0117 e. The van der Waals surface area contributed by atoms with Gasteiger partial charge in [0.2, 0.25) is 0 Å². The van der Waals surface area contributed by atoms with Gasteiger partial charge in [-0.1, -0.05) is 19.8 Å². The Hall–Kier alpha value is -0.120. The van der Waals surface area contributed by atoms with Crippen LogP contribution in [0.1, 0.15) is 51.9 Å². The maximum absolute atomic E-state index is 3.80. The van der Waals surface area contributed by atoms with Crippen LogP contribution in [0.4, 0.5) is 0 Å². The minimum absolute atomic E-state index is 0.775. The Kier molecular flexibility index (Phi) is 6.79. The highest BCUT2D eigenvalue weighted by Gasteiger charge is 2.28. The third kappa shape index (κ3) is 4.71. The highest BCUT2D eigenvalue weighted by Crippen LogP contribution is 2.26. The first-order valence-corrected chi connectivity index (χ1v) is 8.83. The monoisotopic (exact) mass is 281 g/mol. The summed E-state index contributed by atoms with van der Waals surface area (Å²) < 4.78 is 0. The lowest BCUT2D eigenvalue weighted by molar-refractivity contribution is 0.108. The fraction of sp³-hybridized carbons (Fsp3) is 1.00. The fourth-order valence-corrected chi connectivity index (χ4v) is 3.98. The van der Waals surface area contributed by atoms with Crippen molar-refractivity contribution in [3.8, 4) is 0 Å². The van der Waals surface area contributed by atoms with Gasteiger partial charge in [0.05, 0.1) is 0 Å². The van der Waals surface area contributed by atoms with E-state index in [1.54, 1.807) is 0 Å². The minimum Gasteiger partial charge on any atom is -0.314 e. The van der Waals surface area contributed by atoms with Crippen molar-refractivity contribution in [2.45, 2.75) is 64.0 Å². The molecule has 0 spiro atoms. The molecule has 1 saturated carbocycles. The van der Waals surface area contributed by atoms with Gasteiger partial charge in [-0.2, -0.15) is 0 Å². The molecule has 1 saturated heterocycles. The van der Waals surface area contributed by atoms with Crippen molar-refractivity contribution in [3.05, 3.63) is 0 Å². The van der Waals surface area contributed by atoms with Gasteiger partial charge in [0.1, 0.15) is 0 Å². The van der Waals surface area contributed by atoms with Crippen molar-refractivity contribution < 1.29 is 0 Å². The van der Waals surface area contributed by atoms with Crippen LogP contribution in [0.2, 0.25) is 0 Å². The van der Waals surface area contributed by atoms with Crippen LogP contribution in [0.15, 0.2) is 0 Å². The van der Waals surface area contributed by atoms with Crippen LogP contribution >= 0.6 is 0 Å². The lowest BCUT2D eigenvalue weighted by atomic mass is 9.83. The Morgan fingerprint density at radius 2 is 1.80 bits per heavy atom. The Morgan fingerprint density at radius 1 is 1.10 bits per heavy atom. The molecule has 2 atom stereocenters. The molecule has 3 heteroatoms. The topological polar surface area (TPSA) is 18.5 Å². The van der Waals surface area contributed by atoms with Crippen LogP contribution in [0.25, 0.3) is 0 Å². The van der Waals surface area contributed by atoms with E-state index in [0.29, 0.717) is 0 Å². The Morgan fingerprint density at radius 3 is 2.50 bits per heavy atom. The van der Waals surface area contributed by atoms with Crippen LogP contribution < -0.4 is 5.32 Å². The average Bonchev–Trinajstić information content (AvgIpc) is 2.47. The Balaban J connectivity index is 1.79. The van der Waals surface area contributed by atoms with Crippen LogP contribution in [-0.2, 0) is 0 Å². The molecule has 1 aliphatic heterocycles. The van der Waals surface area contributed by atoms with Crippen molar-refractivity contribution in [3.63, 3.8) is 0 Å². The third-order valence-electron chi connectivity index (χ3n) is 5.40. The number of hydrogen-bond donors (Lipinski definition) is 1. The molecule has 2 fully saturated rings. The van der Waals surface area contributed by atoms with Crippen LogP contribution in [-0.4, -0.2) is 62.2 Å². The minimum atomic E-state index is 0.775. The Bertz CT molecular complexity index is 261. The summed E-state index contributed by atoms with van der Waals surface area (Å²) in [5, 5.41) is 3.80. The molecule has 3 nitrogen and oxygen atoms in total. The van der Waals surface area contributed by atoms with E-state index in [1.165, 1.54) is 71.1 Å². The molecule has 118 valence electrons. The summed E-state index contributed by atoms with van der Waals surface area (Å²) in [4.78, 5) is 5.14. The average molecular weight is 281 g/mol. The summed E-state index contributed by atoms with van der Waals surface area (Å²) in [5.74, 6) is 0.875. The molecule has 0 aromatic carbocycles. The first-order valence-electron chi connectivity index (χ1n) is 8.83. The lowest BCUT2D eigenvalue weighted by Crippen LogP contribution is -2.48. The molecular weight excluding hydrogens is 246 g/mol. The van der Waals surface area contributed by atoms with Crippen molar-refractivity contribution in [1.82, 2.24) is 15.1 Å². The van der Waals surface area contributed by atoms with Gasteiger partial charge in [-0.15, -0.1) is 0 Å². The van der Waals surface area contributed by atoms with E-state index in [0.717, 1.165) is 18.0 Å². The molecule has 1 heterocycles. The van der Waals surface area contributed by atoms with E-state index in [9.17, 15) is 0 Å².